The predicted molar refractivity (Wildman–Crippen MR) is 99.6 cm³/mol. The van der Waals surface area contributed by atoms with Crippen molar-refractivity contribution in [2.45, 2.75) is 18.9 Å². The van der Waals surface area contributed by atoms with E-state index >= 15 is 0 Å². The Balaban J connectivity index is 1.55. The van der Waals surface area contributed by atoms with Gasteiger partial charge in [0.15, 0.2) is 22.9 Å². The Bertz CT molecular complexity index is 951. The number of allylic oxidation sites excluding steroid dienone is 1. The predicted octanol–water partition coefficient (Wildman–Crippen LogP) is 2.64. The molecule has 2 heterocycles. The topological polar surface area (TPSA) is 76.1 Å². The Kier molecular flexibility index (Phi) is 4.20. The van der Waals surface area contributed by atoms with Gasteiger partial charge in [-0.1, -0.05) is 30.3 Å². The molecule has 0 bridgehead atoms. The van der Waals surface area contributed by atoms with Gasteiger partial charge in [0.05, 0.1) is 12.1 Å². The van der Waals surface area contributed by atoms with E-state index in [9.17, 15) is 14.7 Å². The fourth-order valence-corrected chi connectivity index (χ4v) is 3.51. The number of nitrogens with zero attached hydrogens (tertiary/aromatic N) is 1. The summed E-state index contributed by atoms with van der Waals surface area (Å²) in [4.78, 5) is 26.7. The molecule has 27 heavy (non-hydrogen) atoms. The fourth-order valence-electron chi connectivity index (χ4n) is 3.51. The number of hydrogen-bond donors (Lipinski definition) is 1. The van der Waals surface area contributed by atoms with Crippen molar-refractivity contribution >= 4 is 23.5 Å². The van der Waals surface area contributed by atoms with Gasteiger partial charge in [-0.15, -0.1) is 0 Å². The van der Waals surface area contributed by atoms with Gasteiger partial charge >= 0.3 is 0 Å². The van der Waals surface area contributed by atoms with Gasteiger partial charge in [0.25, 0.3) is 5.91 Å². The van der Waals surface area contributed by atoms with Crippen LogP contribution in [-0.2, 0) is 15.2 Å². The third kappa shape index (κ3) is 2.88. The average molecular weight is 365 g/mol. The van der Waals surface area contributed by atoms with Crippen LogP contribution in [0.2, 0.25) is 0 Å². The second-order valence-corrected chi connectivity index (χ2v) is 6.52. The van der Waals surface area contributed by atoms with E-state index < -0.39 is 11.5 Å². The van der Waals surface area contributed by atoms with E-state index in [2.05, 4.69) is 0 Å². The molecule has 0 fully saturated rings. The van der Waals surface area contributed by atoms with Gasteiger partial charge in [-0.25, -0.2) is 0 Å². The van der Waals surface area contributed by atoms with Crippen LogP contribution < -0.4 is 14.4 Å². The highest BCUT2D eigenvalue weighted by atomic mass is 16.7. The van der Waals surface area contributed by atoms with Crippen molar-refractivity contribution in [3.05, 3.63) is 59.7 Å². The largest absolute Gasteiger partial charge is 0.454 e. The average Bonchev–Trinajstić information content (AvgIpc) is 3.22. The molecule has 1 unspecified atom stereocenters. The number of hydrogen-bond acceptors (Lipinski definition) is 5. The second-order valence-electron chi connectivity index (χ2n) is 6.52. The molecule has 2 aromatic carbocycles. The lowest BCUT2D eigenvalue weighted by molar-refractivity contribution is -0.140. The summed E-state index contributed by atoms with van der Waals surface area (Å²) >= 11 is 0. The quantitative estimate of drug-likeness (QED) is 0.825. The number of carbonyl (C=O) groups excluding carboxylic acids is 2. The van der Waals surface area contributed by atoms with Crippen molar-refractivity contribution in [1.82, 2.24) is 0 Å². The lowest BCUT2D eigenvalue weighted by Crippen LogP contribution is -2.41. The van der Waals surface area contributed by atoms with Gasteiger partial charge in [-0.2, -0.15) is 0 Å². The zero-order valence-corrected chi connectivity index (χ0v) is 14.8. The van der Waals surface area contributed by atoms with Crippen LogP contribution in [0.3, 0.4) is 0 Å². The molecule has 0 radical (unpaired) electrons. The molecule has 2 aliphatic heterocycles. The van der Waals surface area contributed by atoms with Crippen LogP contribution in [0, 0.1) is 0 Å². The Hall–Kier alpha value is -3.12. The molecule has 0 saturated carbocycles. The monoisotopic (exact) mass is 365 g/mol. The van der Waals surface area contributed by atoms with Crippen LogP contribution in [0.25, 0.3) is 6.08 Å². The molecule has 0 spiro atoms. The van der Waals surface area contributed by atoms with Gasteiger partial charge in [-0.05, 0) is 36.8 Å². The first kappa shape index (κ1) is 17.3. The number of likely N-dealkylation sites (N-methyl/N-ethyl adjacent to an activating group) is 1. The number of para-hydroxylation sites is 1. The summed E-state index contributed by atoms with van der Waals surface area (Å²) in [5.41, 5.74) is 0.0674. The van der Waals surface area contributed by atoms with Gasteiger partial charge in [0, 0.05) is 12.1 Å². The summed E-state index contributed by atoms with van der Waals surface area (Å²) < 4.78 is 10.6. The number of rotatable bonds is 5. The highest BCUT2D eigenvalue weighted by Crippen LogP contribution is 2.42. The maximum atomic E-state index is 12.7. The number of fused-ring (bicyclic) bond motifs is 2. The number of benzene rings is 2. The molecule has 4 rings (SSSR count). The van der Waals surface area contributed by atoms with Crippen LogP contribution in [-0.4, -0.2) is 30.1 Å². The van der Waals surface area contributed by atoms with Gasteiger partial charge < -0.3 is 19.5 Å². The zero-order valence-electron chi connectivity index (χ0n) is 14.8. The Morgan fingerprint density at radius 2 is 2.00 bits per heavy atom. The van der Waals surface area contributed by atoms with Crippen molar-refractivity contribution in [2.75, 3.05) is 18.2 Å². The molecule has 1 N–H and O–H groups in total. The highest BCUT2D eigenvalue weighted by Gasteiger charge is 2.49. The number of ketones is 1. The molecule has 138 valence electrons. The third-order valence-corrected chi connectivity index (χ3v) is 4.84. The smallest absolute Gasteiger partial charge is 0.264 e. The Labute approximate surface area is 156 Å². The molecular formula is C21H19NO5. The fraction of sp³-hybridized carbons (Fsp3) is 0.238. The van der Waals surface area contributed by atoms with Crippen molar-refractivity contribution in [2.24, 2.45) is 0 Å². The van der Waals surface area contributed by atoms with Crippen LogP contribution in [0.1, 0.15) is 24.5 Å². The SMILES string of the molecule is CCN1C(=O)C(O)(CC(=O)C=Cc2ccc3c(c2)OCO3)c2ccccc21. The van der Waals surface area contributed by atoms with E-state index in [-0.39, 0.29) is 19.0 Å². The van der Waals surface area contributed by atoms with Gasteiger partial charge in [0.1, 0.15) is 0 Å². The first-order valence-electron chi connectivity index (χ1n) is 8.77. The zero-order chi connectivity index (χ0) is 19.0. The molecule has 0 aromatic heterocycles. The van der Waals surface area contributed by atoms with E-state index in [4.69, 9.17) is 9.47 Å². The maximum absolute atomic E-state index is 12.7. The Morgan fingerprint density at radius 3 is 2.81 bits per heavy atom. The molecule has 2 aromatic rings. The van der Waals surface area contributed by atoms with Crippen LogP contribution in [0.5, 0.6) is 11.5 Å². The van der Waals surface area contributed by atoms with Gasteiger partial charge in [0.2, 0.25) is 6.79 Å². The summed E-state index contributed by atoms with van der Waals surface area (Å²) in [6.45, 7) is 2.45. The minimum Gasteiger partial charge on any atom is -0.454 e. The molecule has 0 saturated heterocycles. The lowest BCUT2D eigenvalue weighted by atomic mass is 9.89. The summed E-state index contributed by atoms with van der Waals surface area (Å²) in [5.74, 6) is 0.495. The molecule has 1 atom stereocenters. The van der Waals surface area contributed by atoms with Gasteiger partial charge in [-0.3, -0.25) is 9.59 Å². The summed E-state index contributed by atoms with van der Waals surface area (Å²) in [6.07, 6.45) is 2.71. The van der Waals surface area contributed by atoms with Crippen molar-refractivity contribution < 1.29 is 24.2 Å². The molecule has 1 amide bonds. The minimum atomic E-state index is -1.83. The summed E-state index contributed by atoms with van der Waals surface area (Å²) in [7, 11) is 0. The summed E-state index contributed by atoms with van der Waals surface area (Å²) in [6, 6.07) is 12.4. The number of anilines is 1. The van der Waals surface area contributed by atoms with Crippen molar-refractivity contribution in [3.63, 3.8) is 0 Å². The van der Waals surface area contributed by atoms with Crippen LogP contribution in [0.15, 0.2) is 48.5 Å². The number of amides is 1. The first-order chi connectivity index (χ1) is 13.0. The number of carbonyl (C=O) groups is 2. The van der Waals surface area contributed by atoms with E-state index in [0.29, 0.717) is 29.3 Å². The Morgan fingerprint density at radius 1 is 1.22 bits per heavy atom. The highest BCUT2D eigenvalue weighted by molar-refractivity contribution is 6.10. The van der Waals surface area contributed by atoms with Crippen LogP contribution >= 0.6 is 0 Å². The van der Waals surface area contributed by atoms with Crippen LogP contribution in [0.4, 0.5) is 5.69 Å². The normalized spacial score (nSPS) is 20.4. The number of aliphatic hydroxyl groups is 1. The van der Waals surface area contributed by atoms with Crippen molar-refractivity contribution in [3.8, 4) is 11.5 Å². The molecule has 6 heteroatoms. The third-order valence-electron chi connectivity index (χ3n) is 4.84. The molecule has 2 aliphatic rings. The maximum Gasteiger partial charge on any atom is 0.264 e. The van der Waals surface area contributed by atoms with E-state index in [0.717, 1.165) is 5.56 Å². The van der Waals surface area contributed by atoms with E-state index in [1.807, 2.05) is 13.0 Å². The first-order valence-corrected chi connectivity index (χ1v) is 8.77. The minimum absolute atomic E-state index is 0.184. The lowest BCUT2D eigenvalue weighted by Gasteiger charge is -2.21. The second kappa shape index (κ2) is 6.55. The molecular weight excluding hydrogens is 346 g/mol. The molecule has 6 nitrogen and oxygen atoms in total. The van der Waals surface area contributed by atoms with Crippen molar-refractivity contribution in [1.29, 1.82) is 0 Å². The van der Waals surface area contributed by atoms with E-state index in [1.54, 1.807) is 42.5 Å². The number of ether oxygens (including phenoxy) is 2. The van der Waals surface area contributed by atoms with E-state index in [1.165, 1.54) is 11.0 Å². The summed E-state index contributed by atoms with van der Waals surface area (Å²) in [5, 5.41) is 11.0. The standard InChI is InChI=1S/C21H19NO5/c1-2-22-17-6-4-3-5-16(17)21(25,20(22)24)12-15(23)9-7-14-8-10-18-19(11-14)27-13-26-18/h3-11,25H,2,12-13H2,1H3. The molecule has 0 aliphatic carbocycles.